The molecule has 0 aromatic heterocycles. The molecule has 0 bridgehead atoms. The molecule has 0 saturated carbocycles. The van der Waals surface area contributed by atoms with Gasteiger partial charge in [0.25, 0.3) is 6.54 Å². The van der Waals surface area contributed by atoms with Crippen LogP contribution in [0.4, 0.5) is 17.3 Å². The minimum Gasteiger partial charge on any atom is -0.418 e. The topological polar surface area (TPSA) is 32.0 Å². The van der Waals surface area contributed by atoms with E-state index in [4.69, 9.17) is 13.6 Å². The molecule has 0 fully saturated rings. The van der Waals surface area contributed by atoms with Gasteiger partial charge in [-0.2, -0.15) is 0 Å². The number of halogens is 4. The molecule has 0 atom stereocenters. The first kappa shape index (κ1) is 21.9. The Hall–Kier alpha value is -0.350. The van der Waals surface area contributed by atoms with E-state index in [0.29, 0.717) is 26.4 Å². The standard InChI is InChI=1S/C9H20BNO3P.BF4/c1-5-11-9-10-15(12-6-2,13-7-3)14-8-4;2-1(3,4)5/h5-8H2,1-4H3;/q+1;-1. The van der Waals surface area contributed by atoms with Crippen molar-refractivity contribution in [1.29, 1.82) is 0 Å². The van der Waals surface area contributed by atoms with Crippen LogP contribution in [0.3, 0.4) is 0 Å². The van der Waals surface area contributed by atoms with Gasteiger partial charge < -0.3 is 17.3 Å². The maximum absolute atomic E-state index is 9.75. The van der Waals surface area contributed by atoms with E-state index in [0.717, 1.165) is 0 Å². The summed E-state index contributed by atoms with van der Waals surface area (Å²) in [7, 11) is -8.36. The highest BCUT2D eigenvalue weighted by Gasteiger charge is 2.33. The lowest BCUT2D eigenvalue weighted by Crippen LogP contribution is -2.12. The highest BCUT2D eigenvalue weighted by Crippen LogP contribution is 2.60. The SMILES string of the molecule is CC[N+]#C[B-][P+](OCC)(OCC)OCC.F[B-](F)(F)F. The molecule has 0 aliphatic carbocycles. The zero-order valence-electron chi connectivity index (χ0n) is 12.1. The van der Waals surface area contributed by atoms with Crippen molar-refractivity contribution in [2.45, 2.75) is 27.7 Å². The van der Waals surface area contributed by atoms with Crippen LogP contribution < -0.4 is 0 Å². The lowest BCUT2D eigenvalue weighted by molar-refractivity contribution is 0.167. The predicted octanol–water partition coefficient (Wildman–Crippen LogP) is 4.09. The summed E-state index contributed by atoms with van der Waals surface area (Å²) >= 11 is 0. The van der Waals surface area contributed by atoms with E-state index in [9.17, 15) is 17.3 Å². The van der Waals surface area contributed by atoms with E-state index < -0.39 is 15.1 Å². The lowest BCUT2D eigenvalue weighted by atomic mass is 10.2. The van der Waals surface area contributed by atoms with Gasteiger partial charge in [-0.15, -0.1) is 4.85 Å². The molecule has 2 radical (unpaired) electrons. The van der Waals surface area contributed by atoms with Gasteiger partial charge in [0.1, 0.15) is 0 Å². The Morgan fingerprint density at radius 2 is 1.30 bits per heavy atom. The number of hydrogen-bond acceptors (Lipinski definition) is 3. The fourth-order valence-electron chi connectivity index (χ4n) is 0.966. The Kier molecular flexibility index (Phi) is 13.6. The molecule has 0 amide bonds. The third-order valence-electron chi connectivity index (χ3n) is 1.39. The van der Waals surface area contributed by atoms with Gasteiger partial charge in [0.2, 0.25) is 7.00 Å². The second-order valence-corrected chi connectivity index (χ2v) is 5.13. The molecule has 0 saturated heterocycles. The molecule has 0 rings (SSSR count). The van der Waals surface area contributed by atoms with Crippen molar-refractivity contribution in [2.75, 3.05) is 26.4 Å². The second-order valence-electron chi connectivity index (χ2n) is 3.02. The highest BCUT2D eigenvalue weighted by atomic mass is 31.2. The maximum Gasteiger partial charge on any atom is 0.673 e. The Morgan fingerprint density at radius 3 is 1.55 bits per heavy atom. The minimum absolute atomic E-state index is 0.554. The lowest BCUT2D eigenvalue weighted by Gasteiger charge is -2.27. The minimum atomic E-state index is -6.00. The first-order chi connectivity index (χ1) is 9.24. The molecule has 0 aliphatic heterocycles. The van der Waals surface area contributed by atoms with Crippen molar-refractivity contribution in [1.82, 2.24) is 0 Å². The average Bonchev–Trinajstić information content (AvgIpc) is 2.28. The first-order valence-electron chi connectivity index (χ1n) is 6.20. The smallest absolute Gasteiger partial charge is 0.418 e. The van der Waals surface area contributed by atoms with E-state index in [1.54, 1.807) is 7.00 Å². The summed E-state index contributed by atoms with van der Waals surface area (Å²) in [6.07, 6.45) is 0. The van der Waals surface area contributed by atoms with Crippen molar-refractivity contribution in [2.24, 2.45) is 0 Å². The molecular formula is C9H20B2F4NO3P. The molecular weight excluding hydrogens is 299 g/mol. The van der Waals surface area contributed by atoms with Gasteiger partial charge in [0.15, 0.2) is 7.82 Å². The van der Waals surface area contributed by atoms with E-state index in [1.807, 2.05) is 27.7 Å². The summed E-state index contributed by atoms with van der Waals surface area (Å²) in [5.74, 6) is 2.80. The number of rotatable bonds is 7. The molecule has 0 N–H and O–H groups in total. The van der Waals surface area contributed by atoms with Crippen LogP contribution in [-0.4, -0.2) is 40.6 Å². The summed E-state index contributed by atoms with van der Waals surface area (Å²) in [6, 6.07) is 0. The fraction of sp³-hybridized carbons (Fsp3) is 0.889. The van der Waals surface area contributed by atoms with Crippen LogP contribution >= 0.6 is 7.82 Å². The summed E-state index contributed by atoms with van der Waals surface area (Å²) in [5, 5.41) is 0. The second kappa shape index (κ2) is 12.4. The zero-order valence-corrected chi connectivity index (χ0v) is 13.0. The quantitative estimate of drug-likeness (QED) is 0.402. The van der Waals surface area contributed by atoms with Crippen LogP contribution in [0.15, 0.2) is 0 Å². The van der Waals surface area contributed by atoms with Crippen LogP contribution in [-0.2, 0) is 13.6 Å². The van der Waals surface area contributed by atoms with E-state index in [2.05, 4.69) is 10.8 Å². The monoisotopic (exact) mass is 319 g/mol. The molecule has 0 unspecified atom stereocenters. The van der Waals surface area contributed by atoms with Gasteiger partial charge >= 0.3 is 7.25 Å². The molecule has 0 aliphatic rings. The number of nitrogens with zero attached hydrogens (tertiary/aromatic N) is 1. The molecule has 0 spiro atoms. The Balaban J connectivity index is 0. The summed E-state index contributed by atoms with van der Waals surface area (Å²) in [4.78, 5) is 3.99. The van der Waals surface area contributed by atoms with Gasteiger partial charge in [-0.3, -0.25) is 0 Å². The van der Waals surface area contributed by atoms with Gasteiger partial charge in [-0.1, -0.05) is 0 Å². The average molecular weight is 319 g/mol. The Bertz CT molecular complexity index is 276. The molecule has 20 heavy (non-hydrogen) atoms. The van der Waals surface area contributed by atoms with E-state index in [-0.39, 0.29) is 0 Å². The molecule has 118 valence electrons. The molecule has 0 aromatic carbocycles. The van der Waals surface area contributed by atoms with Crippen molar-refractivity contribution < 1.29 is 30.8 Å². The van der Waals surface area contributed by atoms with Crippen LogP contribution in [0.2, 0.25) is 0 Å². The van der Waals surface area contributed by atoms with E-state index in [1.165, 1.54) is 0 Å². The van der Waals surface area contributed by atoms with Gasteiger partial charge in [0.05, 0.1) is 19.8 Å². The largest absolute Gasteiger partial charge is 0.673 e. The van der Waals surface area contributed by atoms with Crippen LogP contribution in [0.25, 0.3) is 4.85 Å². The summed E-state index contributed by atoms with van der Waals surface area (Å²) in [5.41, 5.74) is 0. The third-order valence-corrected chi connectivity index (χ3v) is 3.68. The van der Waals surface area contributed by atoms with Crippen molar-refractivity contribution in [3.63, 3.8) is 0 Å². The van der Waals surface area contributed by atoms with Crippen LogP contribution in [0, 0.1) is 5.97 Å². The van der Waals surface area contributed by atoms with Gasteiger partial charge in [-0.05, 0) is 20.8 Å². The number of hydrogen-bond donors (Lipinski definition) is 0. The highest BCUT2D eigenvalue weighted by molar-refractivity contribution is 7.90. The van der Waals surface area contributed by atoms with Crippen molar-refractivity contribution in [3.05, 3.63) is 4.85 Å². The van der Waals surface area contributed by atoms with Crippen LogP contribution in [0.5, 0.6) is 0 Å². The maximum atomic E-state index is 9.75. The Labute approximate surface area is 118 Å². The normalized spacial score (nSPS) is 11.2. The Morgan fingerprint density at radius 1 is 0.950 bits per heavy atom. The van der Waals surface area contributed by atoms with Crippen molar-refractivity contribution >= 4 is 22.1 Å². The third kappa shape index (κ3) is 15.7. The van der Waals surface area contributed by atoms with Gasteiger partial charge in [-0.25, -0.2) is 13.6 Å². The van der Waals surface area contributed by atoms with Crippen molar-refractivity contribution in [3.8, 4) is 5.97 Å². The zero-order chi connectivity index (χ0) is 16.1. The predicted molar refractivity (Wildman–Crippen MR) is 75.5 cm³/mol. The van der Waals surface area contributed by atoms with E-state index >= 15 is 0 Å². The molecule has 11 heteroatoms. The van der Waals surface area contributed by atoms with Gasteiger partial charge in [0, 0.05) is 12.9 Å². The molecule has 0 aromatic rings. The molecule has 0 heterocycles. The molecule has 4 nitrogen and oxygen atoms in total. The van der Waals surface area contributed by atoms with Crippen LogP contribution in [0.1, 0.15) is 27.7 Å². The fourth-order valence-corrected chi connectivity index (χ4v) is 2.72. The summed E-state index contributed by atoms with van der Waals surface area (Å²) in [6.45, 7) is 11.7. The first-order valence-corrected chi connectivity index (χ1v) is 7.81. The summed E-state index contributed by atoms with van der Waals surface area (Å²) < 4.78 is 55.6.